The minimum absolute atomic E-state index is 0.164. The van der Waals surface area contributed by atoms with Gasteiger partial charge in [0.2, 0.25) is 0 Å². The number of aliphatic hydroxyl groups is 1. The molecule has 5 heteroatoms. The van der Waals surface area contributed by atoms with Crippen LogP contribution in [0, 0.1) is 0 Å². The lowest BCUT2D eigenvalue weighted by Gasteiger charge is -2.28. The van der Waals surface area contributed by atoms with Crippen LogP contribution in [0.3, 0.4) is 0 Å². The largest absolute Gasteiger partial charge is 0.464 e. The van der Waals surface area contributed by atoms with E-state index < -0.39 is 11.6 Å². The van der Waals surface area contributed by atoms with Gasteiger partial charge in [-0.25, -0.2) is 4.79 Å². The molecule has 0 saturated carbocycles. The molecule has 0 amide bonds. The lowest BCUT2D eigenvalue weighted by molar-refractivity contribution is -0.133. The molecule has 0 radical (unpaired) electrons. The van der Waals surface area contributed by atoms with Gasteiger partial charge in [0.15, 0.2) is 5.71 Å². The van der Waals surface area contributed by atoms with E-state index in [4.69, 9.17) is 0 Å². The van der Waals surface area contributed by atoms with Crippen LogP contribution in [0.1, 0.15) is 11.1 Å². The van der Waals surface area contributed by atoms with Crippen LogP contribution in [0.5, 0.6) is 0 Å². The molecule has 1 aliphatic rings. The van der Waals surface area contributed by atoms with Crippen LogP contribution in [0.4, 0.5) is 0 Å². The van der Waals surface area contributed by atoms with Gasteiger partial charge in [0.1, 0.15) is 12.7 Å². The van der Waals surface area contributed by atoms with Crippen molar-refractivity contribution in [1.82, 2.24) is 0 Å². The normalized spacial score (nSPS) is 21.7. The summed E-state index contributed by atoms with van der Waals surface area (Å²) in [4.78, 5) is 16.3. The number of carbonyl (C=O) groups excluding carboxylic acids is 1. The zero-order valence-corrected chi connectivity index (χ0v) is 10.8. The number of oxime groups is 1. The molecule has 1 aromatic carbocycles. The Balaban J connectivity index is 2.40. The smallest absolute Gasteiger partial charge is 0.359 e. The monoisotopic (exact) mass is 261 g/mol. The molecule has 0 heterocycles. The molecule has 0 fully saturated rings. The number of nitrogens with zero attached hydrogens (tertiary/aromatic N) is 1. The maximum atomic E-state index is 11.7. The number of esters is 1. The van der Waals surface area contributed by atoms with Crippen molar-refractivity contribution in [3.63, 3.8) is 0 Å². The Morgan fingerprint density at radius 3 is 2.79 bits per heavy atom. The Morgan fingerprint density at radius 2 is 2.11 bits per heavy atom. The van der Waals surface area contributed by atoms with Crippen molar-refractivity contribution in [2.45, 2.75) is 12.0 Å². The summed E-state index contributed by atoms with van der Waals surface area (Å²) in [7, 11) is 2.55. The molecule has 1 atom stereocenters. The van der Waals surface area contributed by atoms with Crippen LogP contribution in [0.15, 0.2) is 35.5 Å². The molecule has 0 spiro atoms. The molecular weight excluding hydrogens is 246 g/mol. The van der Waals surface area contributed by atoms with Crippen molar-refractivity contribution < 1.29 is 19.5 Å². The summed E-state index contributed by atoms with van der Waals surface area (Å²) in [5.41, 5.74) is 0.259. The van der Waals surface area contributed by atoms with Gasteiger partial charge < -0.3 is 14.7 Å². The van der Waals surface area contributed by atoms with E-state index in [0.717, 1.165) is 11.1 Å². The summed E-state index contributed by atoms with van der Waals surface area (Å²) in [6.45, 7) is 0. The fourth-order valence-electron chi connectivity index (χ4n) is 2.08. The minimum Gasteiger partial charge on any atom is -0.464 e. The van der Waals surface area contributed by atoms with E-state index >= 15 is 0 Å². The highest BCUT2D eigenvalue weighted by molar-refractivity contribution is 6.40. The Bertz CT molecular complexity index is 550. The lowest BCUT2D eigenvalue weighted by atomic mass is 9.83. The molecule has 1 aliphatic carbocycles. The second-order valence-corrected chi connectivity index (χ2v) is 4.25. The van der Waals surface area contributed by atoms with Gasteiger partial charge >= 0.3 is 5.97 Å². The van der Waals surface area contributed by atoms with Crippen LogP contribution in [0.2, 0.25) is 0 Å². The predicted octanol–water partition coefficient (Wildman–Crippen LogP) is 1.16. The molecule has 100 valence electrons. The van der Waals surface area contributed by atoms with Gasteiger partial charge in [-0.2, -0.15) is 0 Å². The molecule has 19 heavy (non-hydrogen) atoms. The molecule has 0 bridgehead atoms. The number of benzene rings is 1. The first-order chi connectivity index (χ1) is 9.10. The van der Waals surface area contributed by atoms with E-state index in [9.17, 15) is 9.90 Å². The van der Waals surface area contributed by atoms with Gasteiger partial charge in [0.25, 0.3) is 0 Å². The van der Waals surface area contributed by atoms with E-state index in [1.807, 2.05) is 24.3 Å². The fraction of sp³-hybridized carbons (Fsp3) is 0.286. The quantitative estimate of drug-likeness (QED) is 0.503. The van der Waals surface area contributed by atoms with Gasteiger partial charge in [-0.3, -0.25) is 0 Å². The average molecular weight is 261 g/mol. The topological polar surface area (TPSA) is 68.1 Å². The third-order valence-electron chi connectivity index (χ3n) is 3.03. The van der Waals surface area contributed by atoms with Crippen LogP contribution >= 0.6 is 0 Å². The summed E-state index contributed by atoms with van der Waals surface area (Å²) >= 11 is 0. The summed E-state index contributed by atoms with van der Waals surface area (Å²) in [6.07, 6.45) is 3.54. The molecule has 0 aliphatic heterocycles. The third kappa shape index (κ3) is 2.51. The highest BCUT2D eigenvalue weighted by atomic mass is 16.6. The maximum absolute atomic E-state index is 11.7. The number of fused-ring (bicyclic) bond motifs is 1. The predicted molar refractivity (Wildman–Crippen MR) is 70.6 cm³/mol. The highest BCUT2D eigenvalue weighted by Crippen LogP contribution is 2.27. The zero-order chi connectivity index (χ0) is 13.9. The van der Waals surface area contributed by atoms with E-state index in [0.29, 0.717) is 0 Å². The Kier molecular flexibility index (Phi) is 3.66. The number of ether oxygens (including phenoxy) is 1. The van der Waals surface area contributed by atoms with Gasteiger partial charge in [0, 0.05) is 6.42 Å². The first-order valence-corrected chi connectivity index (χ1v) is 5.80. The number of hydrogen-bond acceptors (Lipinski definition) is 5. The van der Waals surface area contributed by atoms with Crippen LogP contribution in [-0.2, 0) is 20.8 Å². The number of carbonyl (C=O) groups is 1. The molecule has 5 nitrogen and oxygen atoms in total. The van der Waals surface area contributed by atoms with Gasteiger partial charge in [-0.1, -0.05) is 35.5 Å². The second-order valence-electron chi connectivity index (χ2n) is 4.25. The van der Waals surface area contributed by atoms with Crippen molar-refractivity contribution in [1.29, 1.82) is 0 Å². The van der Waals surface area contributed by atoms with Gasteiger partial charge in [-0.15, -0.1) is 0 Å². The summed E-state index contributed by atoms with van der Waals surface area (Å²) in [6, 6.07) is 7.63. The molecule has 1 unspecified atom stereocenters. The summed E-state index contributed by atoms with van der Waals surface area (Å²) in [5.74, 6) is -0.714. The van der Waals surface area contributed by atoms with E-state index in [-0.39, 0.29) is 12.1 Å². The van der Waals surface area contributed by atoms with E-state index in [1.165, 1.54) is 20.3 Å². The van der Waals surface area contributed by atoms with Crippen molar-refractivity contribution in [2.75, 3.05) is 14.2 Å². The fourth-order valence-corrected chi connectivity index (χ4v) is 2.08. The zero-order valence-electron chi connectivity index (χ0n) is 10.8. The molecule has 1 aromatic rings. The lowest BCUT2D eigenvalue weighted by Crippen LogP contribution is -2.45. The maximum Gasteiger partial charge on any atom is 0.359 e. The van der Waals surface area contributed by atoms with Crippen LogP contribution in [-0.4, -0.2) is 36.6 Å². The van der Waals surface area contributed by atoms with Crippen LogP contribution in [0.25, 0.3) is 6.08 Å². The van der Waals surface area contributed by atoms with Crippen molar-refractivity contribution in [2.24, 2.45) is 5.16 Å². The average Bonchev–Trinajstić information content (AvgIpc) is 2.43. The Hall–Kier alpha value is -2.14. The van der Waals surface area contributed by atoms with Crippen molar-refractivity contribution in [3.8, 4) is 0 Å². The van der Waals surface area contributed by atoms with Crippen molar-refractivity contribution >= 4 is 17.8 Å². The standard InChI is InChI=1S/C14H15NO4/c1-18-13(16)12(15-19-2)14(17)8-7-10-5-3-4-6-11(10)9-14/h3-8,17H,9H2,1-2H3. The number of methoxy groups -OCH3 is 1. The highest BCUT2D eigenvalue weighted by Gasteiger charge is 2.39. The first-order valence-electron chi connectivity index (χ1n) is 5.80. The molecule has 0 saturated heterocycles. The first kappa shape index (κ1) is 13.3. The second kappa shape index (κ2) is 5.24. The number of rotatable bonds is 3. The summed E-state index contributed by atoms with van der Waals surface area (Å²) in [5, 5.41) is 14.2. The molecule has 0 aromatic heterocycles. The number of hydrogen-bond donors (Lipinski definition) is 1. The Labute approximate surface area is 111 Å². The van der Waals surface area contributed by atoms with Crippen LogP contribution < -0.4 is 0 Å². The van der Waals surface area contributed by atoms with Gasteiger partial charge in [0.05, 0.1) is 7.11 Å². The molecule has 1 N–H and O–H groups in total. The van der Waals surface area contributed by atoms with Gasteiger partial charge in [-0.05, 0) is 17.2 Å². The molecule has 2 rings (SSSR count). The SMILES string of the molecule is CON=C(C(=O)OC)C1(O)C=Cc2ccccc2C1. The third-order valence-corrected chi connectivity index (χ3v) is 3.03. The van der Waals surface area contributed by atoms with E-state index in [2.05, 4.69) is 14.7 Å². The summed E-state index contributed by atoms with van der Waals surface area (Å²) < 4.78 is 4.63. The molecular formula is C14H15NO4. The van der Waals surface area contributed by atoms with E-state index in [1.54, 1.807) is 6.08 Å². The van der Waals surface area contributed by atoms with Crippen molar-refractivity contribution in [3.05, 3.63) is 41.5 Å². The minimum atomic E-state index is -1.52. The Morgan fingerprint density at radius 1 is 1.37 bits per heavy atom.